The van der Waals surface area contributed by atoms with Gasteiger partial charge in [-0.25, -0.2) is 17.8 Å². The average Bonchev–Trinajstić information content (AvgIpc) is 3.01. The number of hydrogen-bond donors (Lipinski definition) is 1. The second-order valence-electron chi connectivity index (χ2n) is 6.27. The van der Waals surface area contributed by atoms with Gasteiger partial charge in [0.1, 0.15) is 17.7 Å². The molecule has 1 heterocycles. The van der Waals surface area contributed by atoms with Crippen molar-refractivity contribution in [2.75, 3.05) is 0 Å². The van der Waals surface area contributed by atoms with E-state index in [2.05, 4.69) is 9.71 Å². The summed E-state index contributed by atoms with van der Waals surface area (Å²) in [5.41, 5.74) is 2.11. The summed E-state index contributed by atoms with van der Waals surface area (Å²) in [6.45, 7) is 3.59. The Labute approximate surface area is 152 Å². The molecule has 0 saturated carbocycles. The smallest absolute Gasteiger partial charge is 0.241 e. The van der Waals surface area contributed by atoms with Crippen molar-refractivity contribution in [3.05, 3.63) is 83.2 Å². The summed E-state index contributed by atoms with van der Waals surface area (Å²) in [4.78, 5) is 4.50. The minimum atomic E-state index is -3.81. The van der Waals surface area contributed by atoms with Crippen LogP contribution in [0.4, 0.5) is 4.39 Å². The normalized spacial score (nSPS) is 12.9. The number of rotatable bonds is 5. The van der Waals surface area contributed by atoms with Crippen LogP contribution in [0.15, 0.2) is 59.8 Å². The van der Waals surface area contributed by atoms with Crippen LogP contribution in [0.3, 0.4) is 0 Å². The molecule has 0 aliphatic heterocycles. The van der Waals surface area contributed by atoms with Gasteiger partial charge in [0.15, 0.2) is 0 Å². The molecular formula is C19H20FN3O2S. The van der Waals surface area contributed by atoms with E-state index in [1.807, 2.05) is 13.0 Å². The first-order chi connectivity index (χ1) is 12.3. The maximum Gasteiger partial charge on any atom is 0.241 e. The first-order valence-corrected chi connectivity index (χ1v) is 9.58. The molecule has 0 amide bonds. The Morgan fingerprint density at radius 3 is 2.42 bits per heavy atom. The maximum absolute atomic E-state index is 13.3. The fourth-order valence-corrected chi connectivity index (χ4v) is 4.31. The van der Waals surface area contributed by atoms with Crippen LogP contribution in [0.25, 0.3) is 0 Å². The molecule has 0 saturated heterocycles. The molecule has 7 heteroatoms. The minimum absolute atomic E-state index is 0.221. The summed E-state index contributed by atoms with van der Waals surface area (Å²) in [6, 6.07) is 10.3. The summed E-state index contributed by atoms with van der Waals surface area (Å²) in [6.07, 6.45) is 3.33. The fraction of sp³-hybridized carbons (Fsp3) is 0.211. The van der Waals surface area contributed by atoms with E-state index in [1.54, 1.807) is 55.2 Å². The summed E-state index contributed by atoms with van der Waals surface area (Å²) in [7, 11) is -2.03. The highest BCUT2D eigenvalue weighted by atomic mass is 32.2. The average molecular weight is 373 g/mol. The molecule has 0 fully saturated rings. The Kier molecular flexibility index (Phi) is 4.93. The zero-order valence-corrected chi connectivity index (χ0v) is 15.6. The molecule has 26 heavy (non-hydrogen) atoms. The Bertz CT molecular complexity index is 1030. The van der Waals surface area contributed by atoms with E-state index < -0.39 is 16.1 Å². The van der Waals surface area contributed by atoms with Crippen molar-refractivity contribution in [2.45, 2.75) is 24.8 Å². The molecule has 0 bridgehead atoms. The van der Waals surface area contributed by atoms with Crippen molar-refractivity contribution in [2.24, 2.45) is 7.05 Å². The standard InChI is InChI=1S/C19H20FN3O2S/c1-13-4-5-14(2)17(12-13)26(24,25)22-18(19-21-10-11-23(19)3)15-6-8-16(20)9-7-15/h4-12,18,22H,1-3H3/t18-/m1/s1. The van der Waals surface area contributed by atoms with Crippen molar-refractivity contribution in [3.63, 3.8) is 0 Å². The van der Waals surface area contributed by atoms with Crippen LogP contribution < -0.4 is 4.72 Å². The van der Waals surface area contributed by atoms with Crippen molar-refractivity contribution in [1.82, 2.24) is 14.3 Å². The van der Waals surface area contributed by atoms with Crippen LogP contribution in [-0.4, -0.2) is 18.0 Å². The van der Waals surface area contributed by atoms with Crippen LogP contribution in [0, 0.1) is 19.7 Å². The molecule has 0 unspecified atom stereocenters. The Morgan fingerprint density at radius 1 is 1.12 bits per heavy atom. The number of nitrogens with zero attached hydrogens (tertiary/aromatic N) is 2. The van der Waals surface area contributed by atoms with E-state index in [4.69, 9.17) is 0 Å². The van der Waals surface area contributed by atoms with Gasteiger partial charge in [0.2, 0.25) is 10.0 Å². The zero-order chi connectivity index (χ0) is 18.9. The van der Waals surface area contributed by atoms with Crippen LogP contribution in [-0.2, 0) is 17.1 Å². The van der Waals surface area contributed by atoms with Crippen LogP contribution >= 0.6 is 0 Å². The molecule has 0 aliphatic rings. The van der Waals surface area contributed by atoms with Gasteiger partial charge in [0.25, 0.3) is 0 Å². The fourth-order valence-electron chi connectivity index (χ4n) is 2.80. The van der Waals surface area contributed by atoms with E-state index in [1.165, 1.54) is 12.1 Å². The molecule has 5 nitrogen and oxygen atoms in total. The van der Waals surface area contributed by atoms with Gasteiger partial charge in [-0.2, -0.15) is 4.72 Å². The topological polar surface area (TPSA) is 64.0 Å². The monoisotopic (exact) mass is 373 g/mol. The molecular weight excluding hydrogens is 353 g/mol. The summed E-state index contributed by atoms with van der Waals surface area (Å²) < 4.78 is 43.9. The second kappa shape index (κ2) is 7.01. The Balaban J connectivity index is 2.07. The third-order valence-corrected chi connectivity index (χ3v) is 5.79. The molecule has 2 aromatic carbocycles. The van der Waals surface area contributed by atoms with Gasteiger partial charge in [0, 0.05) is 19.4 Å². The van der Waals surface area contributed by atoms with Gasteiger partial charge < -0.3 is 4.57 Å². The molecule has 1 N–H and O–H groups in total. The molecule has 3 aromatic rings. The van der Waals surface area contributed by atoms with Crippen LogP contribution in [0.2, 0.25) is 0 Å². The first kappa shape index (κ1) is 18.3. The van der Waals surface area contributed by atoms with Crippen molar-refractivity contribution in [1.29, 1.82) is 0 Å². The molecule has 136 valence electrons. The first-order valence-electron chi connectivity index (χ1n) is 8.10. The van der Waals surface area contributed by atoms with Crippen LogP contribution in [0.1, 0.15) is 28.6 Å². The second-order valence-corrected chi connectivity index (χ2v) is 7.95. The van der Waals surface area contributed by atoms with Gasteiger partial charge >= 0.3 is 0 Å². The summed E-state index contributed by atoms with van der Waals surface area (Å²) in [5.74, 6) is 0.134. The van der Waals surface area contributed by atoms with Gasteiger partial charge in [-0.15, -0.1) is 0 Å². The number of aryl methyl sites for hydroxylation is 3. The number of sulfonamides is 1. The molecule has 1 aromatic heterocycles. The molecule has 0 radical (unpaired) electrons. The van der Waals surface area contributed by atoms with Crippen molar-refractivity contribution in [3.8, 4) is 0 Å². The van der Waals surface area contributed by atoms with Gasteiger partial charge in [-0.1, -0.05) is 24.3 Å². The van der Waals surface area contributed by atoms with Gasteiger partial charge in [0.05, 0.1) is 4.90 Å². The minimum Gasteiger partial charge on any atom is -0.336 e. The number of hydrogen-bond acceptors (Lipinski definition) is 3. The van der Waals surface area contributed by atoms with Crippen LogP contribution in [0.5, 0.6) is 0 Å². The third-order valence-electron chi connectivity index (χ3n) is 4.23. The third kappa shape index (κ3) is 3.68. The molecule has 0 spiro atoms. The van der Waals surface area contributed by atoms with E-state index in [0.29, 0.717) is 17.0 Å². The molecule has 3 rings (SSSR count). The lowest BCUT2D eigenvalue weighted by molar-refractivity contribution is 0.561. The molecule has 0 aliphatic carbocycles. The van der Waals surface area contributed by atoms with Crippen molar-refractivity contribution >= 4 is 10.0 Å². The van der Waals surface area contributed by atoms with Crippen molar-refractivity contribution < 1.29 is 12.8 Å². The zero-order valence-electron chi connectivity index (χ0n) is 14.8. The predicted molar refractivity (Wildman–Crippen MR) is 97.7 cm³/mol. The molecule has 1 atom stereocenters. The SMILES string of the molecule is Cc1ccc(C)c(S(=O)(=O)N[C@H](c2ccc(F)cc2)c2nccn2C)c1. The maximum atomic E-state index is 13.3. The number of halogens is 1. The lowest BCUT2D eigenvalue weighted by Crippen LogP contribution is -2.31. The van der Waals surface area contributed by atoms with E-state index in [0.717, 1.165) is 5.56 Å². The highest BCUT2D eigenvalue weighted by Crippen LogP contribution is 2.25. The highest BCUT2D eigenvalue weighted by molar-refractivity contribution is 7.89. The highest BCUT2D eigenvalue weighted by Gasteiger charge is 2.26. The van der Waals surface area contributed by atoms with E-state index >= 15 is 0 Å². The van der Waals surface area contributed by atoms with Gasteiger partial charge in [-0.05, 0) is 48.7 Å². The Hall–Kier alpha value is -2.51. The number of imidazole rings is 1. The van der Waals surface area contributed by atoms with E-state index in [-0.39, 0.29) is 10.7 Å². The lowest BCUT2D eigenvalue weighted by atomic mass is 10.1. The summed E-state index contributed by atoms with van der Waals surface area (Å²) >= 11 is 0. The predicted octanol–water partition coefficient (Wildman–Crippen LogP) is 3.24. The quantitative estimate of drug-likeness (QED) is 0.747. The van der Waals surface area contributed by atoms with E-state index in [9.17, 15) is 12.8 Å². The lowest BCUT2D eigenvalue weighted by Gasteiger charge is -2.20. The Morgan fingerprint density at radius 2 is 1.81 bits per heavy atom. The van der Waals surface area contributed by atoms with Gasteiger partial charge in [-0.3, -0.25) is 0 Å². The number of nitrogens with one attached hydrogen (secondary N) is 1. The largest absolute Gasteiger partial charge is 0.336 e. The summed E-state index contributed by atoms with van der Waals surface area (Å²) in [5, 5.41) is 0. The number of benzene rings is 2. The number of aromatic nitrogens is 2.